The number of sulfone groups is 1. The Kier molecular flexibility index (Phi) is 6.65. The lowest BCUT2D eigenvalue weighted by atomic mass is 9.99. The van der Waals surface area contributed by atoms with E-state index in [2.05, 4.69) is 34.0 Å². The van der Waals surface area contributed by atoms with Crippen LogP contribution in [0.5, 0.6) is 0 Å². The molecule has 0 aromatic carbocycles. The quantitative estimate of drug-likeness (QED) is 0.586. The molecule has 8 heteroatoms. The highest BCUT2D eigenvalue weighted by Gasteiger charge is 2.42. The fraction of sp³-hybridized carbons (Fsp3) is 0.688. The van der Waals surface area contributed by atoms with Crippen molar-refractivity contribution in [1.29, 1.82) is 0 Å². The number of aliphatic imine (C=N–C) groups is 1. The van der Waals surface area contributed by atoms with Crippen LogP contribution in [0.25, 0.3) is 0 Å². The van der Waals surface area contributed by atoms with Gasteiger partial charge in [0, 0.05) is 37.4 Å². The summed E-state index contributed by atoms with van der Waals surface area (Å²) in [7, 11) is -3.19. The van der Waals surface area contributed by atoms with Crippen LogP contribution in [0.1, 0.15) is 30.2 Å². The van der Waals surface area contributed by atoms with Gasteiger partial charge in [-0.15, -0.1) is 11.3 Å². The first-order valence-corrected chi connectivity index (χ1v) is 11.0. The highest BCUT2D eigenvalue weighted by molar-refractivity contribution is 7.92. The van der Waals surface area contributed by atoms with E-state index in [1.807, 2.05) is 6.92 Å². The van der Waals surface area contributed by atoms with Gasteiger partial charge in [0.15, 0.2) is 15.8 Å². The molecule has 0 radical (unpaired) electrons. The van der Waals surface area contributed by atoms with Crippen LogP contribution in [0.2, 0.25) is 0 Å². The normalized spacial score (nSPS) is 18.4. The minimum Gasteiger partial charge on any atom is -0.381 e. The second-order valence-corrected chi connectivity index (χ2v) is 9.55. The number of nitrogens with one attached hydrogen (secondary N) is 2. The van der Waals surface area contributed by atoms with Gasteiger partial charge in [-0.05, 0) is 43.7 Å². The topological polar surface area (TPSA) is 79.8 Å². The van der Waals surface area contributed by atoms with Crippen LogP contribution >= 0.6 is 11.3 Å². The number of rotatable bonds is 6. The van der Waals surface area contributed by atoms with Crippen LogP contribution in [-0.4, -0.2) is 51.7 Å². The minimum absolute atomic E-state index is 0.352. The van der Waals surface area contributed by atoms with Crippen LogP contribution in [-0.2, 0) is 21.1 Å². The summed E-state index contributed by atoms with van der Waals surface area (Å²) in [5.74, 6) is 0.653. The maximum absolute atomic E-state index is 12.3. The molecule has 1 aliphatic rings. The summed E-state index contributed by atoms with van der Waals surface area (Å²) in [6.07, 6.45) is 2.35. The molecule has 136 valence electrons. The summed E-state index contributed by atoms with van der Waals surface area (Å²) in [5.41, 5.74) is 1.23. The maximum Gasteiger partial charge on any atom is 0.191 e. The Balaban J connectivity index is 2.07. The van der Waals surface area contributed by atoms with Crippen molar-refractivity contribution < 1.29 is 13.2 Å². The van der Waals surface area contributed by atoms with Gasteiger partial charge in [-0.2, -0.15) is 0 Å². The molecule has 0 amide bonds. The first kappa shape index (κ1) is 19.2. The molecule has 6 nitrogen and oxygen atoms in total. The van der Waals surface area contributed by atoms with Crippen LogP contribution < -0.4 is 10.6 Å². The largest absolute Gasteiger partial charge is 0.381 e. The van der Waals surface area contributed by atoms with E-state index in [1.54, 1.807) is 11.3 Å². The molecule has 1 aliphatic heterocycles. The molecule has 0 saturated carbocycles. The molecule has 2 rings (SSSR count). The predicted molar refractivity (Wildman–Crippen MR) is 99.5 cm³/mol. The zero-order valence-electron chi connectivity index (χ0n) is 14.6. The molecule has 1 aromatic rings. The fourth-order valence-electron chi connectivity index (χ4n) is 2.73. The average Bonchev–Trinajstić information content (AvgIpc) is 2.95. The summed E-state index contributed by atoms with van der Waals surface area (Å²) in [5, 5.41) is 8.48. The van der Waals surface area contributed by atoms with Crippen molar-refractivity contribution in [2.45, 2.75) is 38.0 Å². The Morgan fingerprint density at radius 1 is 1.38 bits per heavy atom. The standard InChI is InChI=1S/C16H27N3O3S2/c1-4-17-15(18-11-14-13(2)5-10-23-14)19-12-16(24(3,20)21)6-8-22-9-7-16/h5,10H,4,6-9,11-12H2,1-3H3,(H2,17,18,19). The Bertz CT molecular complexity index is 662. The van der Waals surface area contributed by atoms with Gasteiger partial charge < -0.3 is 15.4 Å². The van der Waals surface area contributed by atoms with Crippen molar-refractivity contribution in [2.75, 3.05) is 32.6 Å². The van der Waals surface area contributed by atoms with E-state index in [9.17, 15) is 8.42 Å². The number of ether oxygens (including phenoxy) is 1. The number of nitrogens with zero attached hydrogens (tertiary/aromatic N) is 1. The van der Waals surface area contributed by atoms with Crippen LogP contribution in [0.3, 0.4) is 0 Å². The van der Waals surface area contributed by atoms with Gasteiger partial charge in [0.05, 0.1) is 11.3 Å². The minimum atomic E-state index is -3.19. The molecular weight excluding hydrogens is 346 g/mol. The van der Waals surface area contributed by atoms with E-state index in [-0.39, 0.29) is 0 Å². The predicted octanol–water partition coefficient (Wildman–Crippen LogP) is 1.71. The molecule has 0 aliphatic carbocycles. The average molecular weight is 374 g/mol. The monoisotopic (exact) mass is 373 g/mol. The lowest BCUT2D eigenvalue weighted by Crippen LogP contribution is -2.53. The van der Waals surface area contributed by atoms with Gasteiger partial charge in [-0.3, -0.25) is 0 Å². The van der Waals surface area contributed by atoms with E-state index in [1.165, 1.54) is 16.7 Å². The van der Waals surface area contributed by atoms with Gasteiger partial charge in [-0.1, -0.05) is 0 Å². The zero-order valence-corrected chi connectivity index (χ0v) is 16.2. The van der Waals surface area contributed by atoms with Crippen LogP contribution in [0.15, 0.2) is 16.4 Å². The van der Waals surface area contributed by atoms with Gasteiger partial charge in [-0.25, -0.2) is 13.4 Å². The number of hydrogen-bond donors (Lipinski definition) is 2. The molecule has 1 aromatic heterocycles. The SMILES string of the molecule is CCNC(=NCc1sccc1C)NCC1(S(C)(=O)=O)CCOCC1. The van der Waals surface area contributed by atoms with Gasteiger partial charge in [0.25, 0.3) is 0 Å². The second-order valence-electron chi connectivity index (χ2n) is 6.14. The number of thiophene rings is 1. The molecular formula is C16H27N3O3S2. The fourth-order valence-corrected chi connectivity index (χ4v) is 4.80. The Hall–Kier alpha value is -1.12. The summed E-state index contributed by atoms with van der Waals surface area (Å²) < 4.78 is 29.2. The molecule has 2 N–H and O–H groups in total. The second kappa shape index (κ2) is 8.31. The lowest BCUT2D eigenvalue weighted by Gasteiger charge is -2.35. The Labute approximate surface area is 148 Å². The summed E-state index contributed by atoms with van der Waals surface area (Å²) in [6, 6.07) is 2.08. The third kappa shape index (κ3) is 4.70. The maximum atomic E-state index is 12.3. The number of hydrogen-bond acceptors (Lipinski definition) is 5. The highest BCUT2D eigenvalue weighted by Crippen LogP contribution is 2.28. The van der Waals surface area contributed by atoms with Crippen LogP contribution in [0.4, 0.5) is 0 Å². The summed E-state index contributed by atoms with van der Waals surface area (Å²) in [4.78, 5) is 5.81. The first-order valence-electron chi connectivity index (χ1n) is 8.20. The van der Waals surface area contributed by atoms with Gasteiger partial charge in [0.1, 0.15) is 0 Å². The molecule has 0 bridgehead atoms. The molecule has 0 unspecified atom stereocenters. The van der Waals surface area contributed by atoms with E-state index < -0.39 is 14.6 Å². The zero-order chi connectivity index (χ0) is 17.6. The molecule has 0 atom stereocenters. The van der Waals surface area contributed by atoms with E-state index >= 15 is 0 Å². The molecule has 2 heterocycles. The Morgan fingerprint density at radius 2 is 2.08 bits per heavy atom. The lowest BCUT2D eigenvalue weighted by molar-refractivity contribution is 0.0756. The Morgan fingerprint density at radius 3 is 2.62 bits per heavy atom. The van der Waals surface area contributed by atoms with E-state index in [4.69, 9.17) is 4.74 Å². The third-order valence-electron chi connectivity index (χ3n) is 4.46. The third-order valence-corrected chi connectivity index (χ3v) is 7.60. The van der Waals surface area contributed by atoms with Crippen molar-refractivity contribution in [3.63, 3.8) is 0 Å². The van der Waals surface area contributed by atoms with Crippen molar-refractivity contribution in [1.82, 2.24) is 10.6 Å². The molecule has 24 heavy (non-hydrogen) atoms. The molecule has 0 spiro atoms. The number of guanidine groups is 1. The van der Waals surface area contributed by atoms with Crippen molar-refractivity contribution in [3.8, 4) is 0 Å². The number of aryl methyl sites for hydroxylation is 1. The smallest absolute Gasteiger partial charge is 0.191 e. The van der Waals surface area contributed by atoms with E-state index in [0.29, 0.717) is 45.1 Å². The highest BCUT2D eigenvalue weighted by atomic mass is 32.2. The van der Waals surface area contributed by atoms with Crippen molar-refractivity contribution >= 4 is 27.1 Å². The van der Waals surface area contributed by atoms with E-state index in [0.717, 1.165) is 6.54 Å². The summed E-state index contributed by atoms with van der Waals surface area (Å²) in [6.45, 7) is 6.70. The van der Waals surface area contributed by atoms with Gasteiger partial charge in [0.2, 0.25) is 0 Å². The van der Waals surface area contributed by atoms with Crippen molar-refractivity contribution in [2.24, 2.45) is 4.99 Å². The molecule has 1 fully saturated rings. The first-order chi connectivity index (χ1) is 11.4. The summed E-state index contributed by atoms with van der Waals surface area (Å²) >= 11 is 1.68. The van der Waals surface area contributed by atoms with Crippen LogP contribution in [0, 0.1) is 6.92 Å². The molecule has 1 saturated heterocycles. The van der Waals surface area contributed by atoms with Gasteiger partial charge >= 0.3 is 0 Å². The van der Waals surface area contributed by atoms with Crippen molar-refractivity contribution in [3.05, 3.63) is 21.9 Å².